The molecule has 2 aromatic rings. The Balaban J connectivity index is 1.75. The van der Waals surface area contributed by atoms with Crippen LogP contribution in [0.5, 0.6) is 17.2 Å². The summed E-state index contributed by atoms with van der Waals surface area (Å²) in [6.07, 6.45) is -0.589. The molecule has 1 heterocycles. The zero-order valence-electron chi connectivity index (χ0n) is 16.0. The van der Waals surface area contributed by atoms with Gasteiger partial charge in [0.1, 0.15) is 17.2 Å². The van der Waals surface area contributed by atoms with E-state index >= 15 is 0 Å². The van der Waals surface area contributed by atoms with Crippen molar-refractivity contribution in [3.63, 3.8) is 0 Å². The Hall–Kier alpha value is -2.73. The smallest absolute Gasteiger partial charge is 0.263 e. The Kier molecular flexibility index (Phi) is 6.19. The van der Waals surface area contributed by atoms with Gasteiger partial charge in [-0.25, -0.2) is 0 Å². The summed E-state index contributed by atoms with van der Waals surface area (Å²) >= 11 is 0. The number of hydrogen-bond donors (Lipinski definition) is 1. The molecule has 0 aromatic heterocycles. The van der Waals surface area contributed by atoms with Crippen LogP contribution in [0.2, 0.25) is 0 Å². The minimum absolute atomic E-state index is 0.0387. The van der Waals surface area contributed by atoms with E-state index in [0.29, 0.717) is 18.8 Å². The fourth-order valence-corrected chi connectivity index (χ4v) is 3.33. The van der Waals surface area contributed by atoms with Gasteiger partial charge in [0.15, 0.2) is 6.10 Å². The maximum absolute atomic E-state index is 13.1. The summed E-state index contributed by atoms with van der Waals surface area (Å²) in [6, 6.07) is 15.0. The number of nitrogens with one attached hydrogen (secondary N) is 1. The monoisotopic (exact) mass is 370 g/mol. The zero-order valence-corrected chi connectivity index (χ0v) is 16.0. The average Bonchev–Trinajstić information content (AvgIpc) is 2.73. The van der Waals surface area contributed by atoms with Gasteiger partial charge in [0.2, 0.25) is 0 Å². The fourth-order valence-electron chi connectivity index (χ4n) is 3.33. The molecule has 2 atom stereocenters. The molecule has 2 unspecified atom stereocenters. The van der Waals surface area contributed by atoms with Crippen molar-refractivity contribution in [3.8, 4) is 17.2 Å². The minimum Gasteiger partial charge on any atom is -0.497 e. The van der Waals surface area contributed by atoms with Crippen molar-refractivity contribution in [2.75, 3.05) is 33.9 Å². The largest absolute Gasteiger partial charge is 0.497 e. The van der Waals surface area contributed by atoms with Crippen molar-refractivity contribution >= 4 is 5.91 Å². The second-order valence-electron chi connectivity index (χ2n) is 6.43. The molecule has 1 aliphatic heterocycles. The third-order valence-corrected chi connectivity index (χ3v) is 4.74. The normalized spacial score (nSPS) is 17.9. The van der Waals surface area contributed by atoms with Crippen LogP contribution in [0.4, 0.5) is 0 Å². The Labute approximate surface area is 160 Å². The van der Waals surface area contributed by atoms with Crippen LogP contribution < -0.4 is 19.5 Å². The van der Waals surface area contributed by atoms with E-state index in [0.717, 1.165) is 23.6 Å². The Morgan fingerprint density at radius 3 is 2.48 bits per heavy atom. The molecule has 3 rings (SSSR count). The molecule has 1 N–H and O–H groups in total. The van der Waals surface area contributed by atoms with Crippen molar-refractivity contribution in [1.82, 2.24) is 10.2 Å². The van der Waals surface area contributed by atoms with Crippen molar-refractivity contribution in [3.05, 3.63) is 54.1 Å². The van der Waals surface area contributed by atoms with Crippen molar-refractivity contribution < 1.29 is 19.0 Å². The molecule has 1 aliphatic rings. The number of benzene rings is 2. The lowest BCUT2D eigenvalue weighted by atomic mass is 10.0. The molecule has 1 fully saturated rings. The maximum Gasteiger partial charge on any atom is 0.263 e. The van der Waals surface area contributed by atoms with Gasteiger partial charge >= 0.3 is 0 Å². The summed E-state index contributed by atoms with van der Waals surface area (Å²) in [6.45, 7) is 3.85. The average molecular weight is 370 g/mol. The van der Waals surface area contributed by atoms with Gasteiger partial charge in [0.25, 0.3) is 5.91 Å². The SMILES string of the molecule is COc1ccc(OC(C)C(=O)N2CCNCC2c2ccccc2OC)cc1. The first kappa shape index (κ1) is 19.0. The summed E-state index contributed by atoms with van der Waals surface area (Å²) in [7, 11) is 3.26. The number of ether oxygens (including phenoxy) is 3. The van der Waals surface area contributed by atoms with Crippen molar-refractivity contribution in [2.24, 2.45) is 0 Å². The van der Waals surface area contributed by atoms with Gasteiger partial charge in [0.05, 0.1) is 20.3 Å². The Morgan fingerprint density at radius 1 is 1.07 bits per heavy atom. The first-order valence-corrected chi connectivity index (χ1v) is 9.09. The summed E-state index contributed by atoms with van der Waals surface area (Å²) < 4.78 is 16.5. The van der Waals surface area contributed by atoms with E-state index in [1.165, 1.54) is 0 Å². The number of piperazine rings is 1. The van der Waals surface area contributed by atoms with Crippen LogP contribution in [0, 0.1) is 0 Å². The van der Waals surface area contributed by atoms with E-state index in [-0.39, 0.29) is 11.9 Å². The van der Waals surface area contributed by atoms with Crippen LogP contribution in [0.25, 0.3) is 0 Å². The Bertz CT molecular complexity index is 763. The van der Waals surface area contributed by atoms with E-state index in [9.17, 15) is 4.79 Å². The highest BCUT2D eigenvalue weighted by atomic mass is 16.5. The second kappa shape index (κ2) is 8.77. The van der Waals surface area contributed by atoms with E-state index in [2.05, 4.69) is 5.32 Å². The fraction of sp³-hybridized carbons (Fsp3) is 0.381. The second-order valence-corrected chi connectivity index (χ2v) is 6.43. The molecule has 6 heteroatoms. The quantitative estimate of drug-likeness (QED) is 0.847. The first-order valence-electron chi connectivity index (χ1n) is 9.09. The topological polar surface area (TPSA) is 60.0 Å². The Morgan fingerprint density at radius 2 is 1.78 bits per heavy atom. The highest BCUT2D eigenvalue weighted by molar-refractivity contribution is 5.81. The number of para-hydroxylation sites is 1. The summed E-state index contributed by atoms with van der Waals surface area (Å²) in [5.74, 6) is 2.14. The van der Waals surface area contributed by atoms with Crippen LogP contribution in [0.1, 0.15) is 18.5 Å². The lowest BCUT2D eigenvalue weighted by molar-refractivity contribution is -0.141. The highest BCUT2D eigenvalue weighted by Crippen LogP contribution is 2.31. The van der Waals surface area contributed by atoms with Crippen molar-refractivity contribution in [1.29, 1.82) is 0 Å². The number of nitrogens with zero attached hydrogens (tertiary/aromatic N) is 1. The first-order chi connectivity index (χ1) is 13.1. The van der Waals surface area contributed by atoms with E-state index in [1.807, 2.05) is 41.3 Å². The van der Waals surface area contributed by atoms with Gasteiger partial charge in [-0.2, -0.15) is 0 Å². The van der Waals surface area contributed by atoms with Crippen molar-refractivity contribution in [2.45, 2.75) is 19.1 Å². The molecular formula is C21H26N2O4. The van der Waals surface area contributed by atoms with Gasteiger partial charge < -0.3 is 24.4 Å². The summed E-state index contributed by atoms with van der Waals surface area (Å²) in [5, 5.41) is 3.37. The molecular weight excluding hydrogens is 344 g/mol. The molecule has 0 radical (unpaired) electrons. The van der Waals surface area contributed by atoms with E-state index in [4.69, 9.17) is 14.2 Å². The number of carbonyl (C=O) groups excluding carboxylic acids is 1. The molecule has 2 aromatic carbocycles. The van der Waals surface area contributed by atoms with Crippen LogP contribution in [0.15, 0.2) is 48.5 Å². The number of hydrogen-bond acceptors (Lipinski definition) is 5. The third-order valence-electron chi connectivity index (χ3n) is 4.74. The predicted molar refractivity (Wildman–Crippen MR) is 103 cm³/mol. The van der Waals surface area contributed by atoms with Gasteiger partial charge in [-0.3, -0.25) is 4.79 Å². The molecule has 0 saturated carbocycles. The van der Waals surface area contributed by atoms with Crippen LogP contribution >= 0.6 is 0 Å². The molecule has 144 valence electrons. The summed E-state index contributed by atoms with van der Waals surface area (Å²) in [5.41, 5.74) is 0.997. The molecule has 0 bridgehead atoms. The molecule has 6 nitrogen and oxygen atoms in total. The summed E-state index contributed by atoms with van der Waals surface area (Å²) in [4.78, 5) is 15.0. The number of amides is 1. The van der Waals surface area contributed by atoms with Crippen LogP contribution in [-0.4, -0.2) is 50.8 Å². The highest BCUT2D eigenvalue weighted by Gasteiger charge is 2.32. The number of carbonyl (C=O) groups is 1. The van der Waals surface area contributed by atoms with Crippen LogP contribution in [-0.2, 0) is 4.79 Å². The van der Waals surface area contributed by atoms with Gasteiger partial charge in [-0.05, 0) is 37.3 Å². The van der Waals surface area contributed by atoms with Gasteiger partial charge in [-0.1, -0.05) is 18.2 Å². The third kappa shape index (κ3) is 4.34. The van der Waals surface area contributed by atoms with Gasteiger partial charge in [0, 0.05) is 25.2 Å². The molecule has 27 heavy (non-hydrogen) atoms. The van der Waals surface area contributed by atoms with Gasteiger partial charge in [-0.15, -0.1) is 0 Å². The molecule has 0 aliphatic carbocycles. The molecule has 1 amide bonds. The maximum atomic E-state index is 13.1. The predicted octanol–water partition coefficient (Wildman–Crippen LogP) is 2.64. The molecule has 0 spiro atoms. The lowest BCUT2D eigenvalue weighted by Crippen LogP contribution is -2.52. The number of methoxy groups -OCH3 is 2. The zero-order chi connectivity index (χ0) is 19.2. The van der Waals surface area contributed by atoms with Crippen LogP contribution in [0.3, 0.4) is 0 Å². The lowest BCUT2D eigenvalue weighted by Gasteiger charge is -2.38. The number of rotatable bonds is 6. The van der Waals surface area contributed by atoms with E-state index < -0.39 is 6.10 Å². The molecule has 1 saturated heterocycles. The van der Waals surface area contributed by atoms with E-state index in [1.54, 1.807) is 33.3 Å². The standard InChI is InChI=1S/C21H26N2O4/c1-15(27-17-10-8-16(25-2)9-11-17)21(24)23-13-12-22-14-19(23)18-6-4-5-7-20(18)26-3/h4-11,15,19,22H,12-14H2,1-3H3. The minimum atomic E-state index is -0.589.